The average Bonchev–Trinajstić information content (AvgIpc) is 3.31. The second-order valence-corrected chi connectivity index (χ2v) is 7.74. The fraction of sp³-hybridized carbons (Fsp3) is 0.538. The van der Waals surface area contributed by atoms with E-state index in [1.165, 1.54) is 53.5 Å². The fourth-order valence-corrected chi connectivity index (χ4v) is 3.19. The molecule has 0 N–H and O–H groups in total. The van der Waals surface area contributed by atoms with Crippen molar-refractivity contribution in [2.24, 2.45) is 5.41 Å². The third kappa shape index (κ3) is 9.38. The van der Waals surface area contributed by atoms with Gasteiger partial charge in [0.15, 0.2) is 0 Å². The van der Waals surface area contributed by atoms with Crippen LogP contribution in [0.15, 0.2) is 52.2 Å². The summed E-state index contributed by atoms with van der Waals surface area (Å²) in [5.74, 6) is 0. The first kappa shape index (κ1) is 26.3. The Labute approximate surface area is 188 Å². The van der Waals surface area contributed by atoms with E-state index in [0.717, 1.165) is 12.8 Å². The third-order valence-corrected chi connectivity index (χ3v) is 5.13. The Morgan fingerprint density at radius 3 is 1.48 bits per heavy atom. The van der Waals surface area contributed by atoms with Gasteiger partial charge in [0.05, 0.1) is 0 Å². The standard InChI is InChI=1S/C10H15.2C8H11.Zr/c1-7-6-10(4,5)9(3)8(7)2;2*1-2-5-8-6-3-4-7-8;/h1-5H3;2*3,6H,2,4-5H2,1H3;/q3*-1;+3. The molecule has 3 aliphatic carbocycles. The van der Waals surface area contributed by atoms with Crippen molar-refractivity contribution in [3.05, 3.63) is 70.4 Å². The monoisotopic (exact) mass is 439 g/mol. The molecule has 0 nitrogen and oxygen atoms in total. The van der Waals surface area contributed by atoms with Crippen LogP contribution in [0.3, 0.4) is 0 Å². The summed E-state index contributed by atoms with van der Waals surface area (Å²) in [4.78, 5) is 0. The van der Waals surface area contributed by atoms with E-state index in [9.17, 15) is 0 Å². The van der Waals surface area contributed by atoms with Crippen molar-refractivity contribution < 1.29 is 26.2 Å². The topological polar surface area (TPSA) is 0 Å². The minimum absolute atomic E-state index is 0. The Kier molecular flexibility index (Phi) is 13.2. The van der Waals surface area contributed by atoms with Crippen LogP contribution in [0.4, 0.5) is 0 Å². The Morgan fingerprint density at radius 1 is 0.852 bits per heavy atom. The molecule has 0 spiro atoms. The van der Waals surface area contributed by atoms with Crippen molar-refractivity contribution in [2.45, 2.75) is 87.0 Å². The van der Waals surface area contributed by atoms with Crippen LogP contribution in [0.5, 0.6) is 0 Å². The van der Waals surface area contributed by atoms with Crippen LogP contribution in [0.2, 0.25) is 0 Å². The summed E-state index contributed by atoms with van der Waals surface area (Å²) in [5, 5.41) is 0. The molecule has 3 aliphatic rings. The summed E-state index contributed by atoms with van der Waals surface area (Å²) in [7, 11) is 0. The van der Waals surface area contributed by atoms with Gasteiger partial charge in [-0.05, 0) is 0 Å². The summed E-state index contributed by atoms with van der Waals surface area (Å²) < 4.78 is 0. The van der Waals surface area contributed by atoms with E-state index in [2.05, 4.69) is 91.0 Å². The largest absolute Gasteiger partial charge is 3.00 e. The molecule has 0 aromatic carbocycles. The molecular formula is C26H37Zr. The first-order valence-electron chi connectivity index (χ1n) is 10.1. The molecule has 0 aromatic heterocycles. The summed E-state index contributed by atoms with van der Waals surface area (Å²) >= 11 is 0. The van der Waals surface area contributed by atoms with Gasteiger partial charge in [0.2, 0.25) is 0 Å². The Balaban J connectivity index is 0.000000372. The van der Waals surface area contributed by atoms with Gasteiger partial charge in [-0.2, -0.15) is 23.3 Å². The predicted octanol–water partition coefficient (Wildman–Crippen LogP) is 8.06. The van der Waals surface area contributed by atoms with Crippen LogP contribution in [-0.4, -0.2) is 0 Å². The summed E-state index contributed by atoms with van der Waals surface area (Å²) in [6, 6.07) is 0. The number of rotatable bonds is 4. The fourth-order valence-electron chi connectivity index (χ4n) is 3.19. The van der Waals surface area contributed by atoms with Crippen molar-refractivity contribution in [3.8, 4) is 0 Å². The molecule has 3 rings (SSSR count). The van der Waals surface area contributed by atoms with Gasteiger partial charge < -0.3 is 0 Å². The van der Waals surface area contributed by atoms with E-state index in [1.54, 1.807) is 0 Å². The maximum Gasteiger partial charge on any atom is 3.00 e. The quantitative estimate of drug-likeness (QED) is 0.388. The van der Waals surface area contributed by atoms with E-state index in [1.807, 2.05) is 0 Å². The maximum atomic E-state index is 3.44. The molecule has 0 amide bonds. The van der Waals surface area contributed by atoms with Crippen molar-refractivity contribution >= 4 is 0 Å². The van der Waals surface area contributed by atoms with Gasteiger partial charge in [0.25, 0.3) is 0 Å². The predicted molar refractivity (Wildman–Crippen MR) is 115 cm³/mol. The zero-order valence-electron chi connectivity index (χ0n) is 18.6. The van der Waals surface area contributed by atoms with Gasteiger partial charge in [-0.1, -0.05) is 72.6 Å². The molecule has 0 atom stereocenters. The molecule has 145 valence electrons. The number of hydrogen-bond donors (Lipinski definition) is 0. The second-order valence-electron chi connectivity index (χ2n) is 7.74. The van der Waals surface area contributed by atoms with Crippen LogP contribution < -0.4 is 0 Å². The minimum Gasteiger partial charge on any atom is -0.269 e. The van der Waals surface area contributed by atoms with Gasteiger partial charge in [0.1, 0.15) is 0 Å². The van der Waals surface area contributed by atoms with E-state index < -0.39 is 0 Å². The molecule has 0 heterocycles. The molecule has 0 unspecified atom stereocenters. The van der Waals surface area contributed by atoms with Gasteiger partial charge in [-0.25, -0.2) is 28.9 Å². The van der Waals surface area contributed by atoms with Crippen LogP contribution in [0.1, 0.15) is 87.0 Å². The summed E-state index contributed by atoms with van der Waals surface area (Å²) in [5.41, 5.74) is 7.19. The van der Waals surface area contributed by atoms with Crippen molar-refractivity contribution in [3.63, 3.8) is 0 Å². The van der Waals surface area contributed by atoms with Crippen molar-refractivity contribution in [2.75, 3.05) is 0 Å². The van der Waals surface area contributed by atoms with Gasteiger partial charge in [-0.3, -0.25) is 18.2 Å². The molecule has 0 aliphatic heterocycles. The van der Waals surface area contributed by atoms with Gasteiger partial charge >= 0.3 is 26.2 Å². The van der Waals surface area contributed by atoms with E-state index in [0.29, 0.717) is 0 Å². The molecule has 1 heteroatoms. The SMILES string of the molecule is CC1=[C-]C(C)(C)C(C)=C1C.CCCC1=[C-]CC=C1.CCCC1=[C-]CC=C1.[Zr+3]. The molecule has 27 heavy (non-hydrogen) atoms. The van der Waals surface area contributed by atoms with Crippen LogP contribution >= 0.6 is 0 Å². The first-order chi connectivity index (χ1) is 12.3. The van der Waals surface area contributed by atoms with Crippen LogP contribution in [0, 0.1) is 23.6 Å². The van der Waals surface area contributed by atoms with Crippen molar-refractivity contribution in [1.29, 1.82) is 0 Å². The molecular weight excluding hydrogens is 404 g/mol. The van der Waals surface area contributed by atoms with Crippen LogP contribution in [-0.2, 0) is 26.2 Å². The average molecular weight is 441 g/mol. The summed E-state index contributed by atoms with van der Waals surface area (Å²) in [6.07, 6.45) is 25.6. The summed E-state index contributed by atoms with van der Waals surface area (Å²) in [6.45, 7) is 15.3. The maximum absolute atomic E-state index is 3.44. The minimum atomic E-state index is 0. The van der Waals surface area contributed by atoms with Gasteiger partial charge in [-0.15, -0.1) is 19.8 Å². The molecule has 0 fully saturated rings. The van der Waals surface area contributed by atoms with Gasteiger partial charge in [0, 0.05) is 0 Å². The molecule has 0 aromatic rings. The normalized spacial score (nSPS) is 18.7. The number of allylic oxidation sites excluding steroid dienone is 12. The zero-order chi connectivity index (χ0) is 19.6. The molecule has 0 saturated heterocycles. The zero-order valence-corrected chi connectivity index (χ0v) is 21.0. The molecule has 1 radical (unpaired) electrons. The van der Waals surface area contributed by atoms with E-state index in [-0.39, 0.29) is 31.6 Å². The Bertz CT molecular complexity index is 601. The molecule has 0 saturated carbocycles. The third-order valence-electron chi connectivity index (χ3n) is 5.13. The van der Waals surface area contributed by atoms with Crippen LogP contribution in [0.25, 0.3) is 0 Å². The number of hydrogen-bond acceptors (Lipinski definition) is 0. The second kappa shape index (κ2) is 13.5. The molecule has 0 bridgehead atoms. The first-order valence-corrected chi connectivity index (χ1v) is 10.1. The van der Waals surface area contributed by atoms with Crippen molar-refractivity contribution in [1.82, 2.24) is 0 Å². The van der Waals surface area contributed by atoms with E-state index >= 15 is 0 Å². The smallest absolute Gasteiger partial charge is 0.269 e. The van der Waals surface area contributed by atoms with E-state index in [4.69, 9.17) is 0 Å². The Hall–Kier alpha value is -0.677. The Morgan fingerprint density at radius 2 is 1.30 bits per heavy atom.